The van der Waals surface area contributed by atoms with Crippen LogP contribution in [0.3, 0.4) is 0 Å². The number of para-hydroxylation sites is 1. The maximum atomic E-state index is 13.4. The van der Waals surface area contributed by atoms with Gasteiger partial charge in [0.25, 0.3) is 5.91 Å². The number of nitrogens with one attached hydrogen (secondary N) is 1. The third-order valence-electron chi connectivity index (χ3n) is 2.84. The Morgan fingerprint density at radius 2 is 1.86 bits per heavy atom. The molecular weight excluding hydrogens is 273 g/mol. The van der Waals surface area contributed by atoms with E-state index in [-0.39, 0.29) is 24.9 Å². The average Bonchev–Trinajstić information content (AvgIpc) is 2.52. The molecule has 2 aromatic carbocycles. The Morgan fingerprint density at radius 3 is 2.62 bits per heavy atom. The van der Waals surface area contributed by atoms with E-state index in [1.54, 1.807) is 42.5 Å². The van der Waals surface area contributed by atoms with Gasteiger partial charge in [-0.15, -0.1) is 0 Å². The fourth-order valence-corrected chi connectivity index (χ4v) is 1.74. The summed E-state index contributed by atoms with van der Waals surface area (Å²) in [6, 6.07) is 12.8. The van der Waals surface area contributed by atoms with Crippen LogP contribution in [0.2, 0.25) is 0 Å². The molecule has 0 spiro atoms. The summed E-state index contributed by atoms with van der Waals surface area (Å²) in [5.41, 5.74) is 0.776. The van der Waals surface area contributed by atoms with Crippen LogP contribution in [0, 0.1) is 5.82 Å². The average molecular weight is 287 g/mol. The summed E-state index contributed by atoms with van der Waals surface area (Å²) in [4.78, 5) is 22.5. The molecule has 5 heteroatoms. The highest BCUT2D eigenvalue weighted by Gasteiger charge is 2.07. The van der Waals surface area contributed by atoms with E-state index in [1.165, 1.54) is 6.07 Å². The zero-order valence-electron chi connectivity index (χ0n) is 11.2. The van der Waals surface area contributed by atoms with Crippen LogP contribution in [-0.2, 0) is 11.3 Å². The second kappa shape index (κ2) is 7.19. The number of hydrogen-bond acceptors (Lipinski definition) is 3. The van der Waals surface area contributed by atoms with Crippen molar-refractivity contribution in [3.63, 3.8) is 0 Å². The van der Waals surface area contributed by atoms with Crippen LogP contribution < -0.4 is 10.1 Å². The fourth-order valence-electron chi connectivity index (χ4n) is 1.74. The SMILES string of the molecule is O=Cc1ccccc1OCC(=O)NCc1ccccc1F. The predicted molar refractivity (Wildman–Crippen MR) is 75.6 cm³/mol. The molecule has 2 rings (SSSR count). The van der Waals surface area contributed by atoms with Crippen LogP contribution in [0.4, 0.5) is 4.39 Å². The minimum absolute atomic E-state index is 0.0875. The Bertz CT molecular complexity index is 643. The smallest absolute Gasteiger partial charge is 0.258 e. The Hall–Kier alpha value is -2.69. The van der Waals surface area contributed by atoms with Crippen molar-refractivity contribution in [3.05, 3.63) is 65.5 Å². The summed E-state index contributed by atoms with van der Waals surface area (Å²) in [5, 5.41) is 2.56. The third-order valence-corrected chi connectivity index (χ3v) is 2.84. The molecule has 0 aliphatic carbocycles. The topological polar surface area (TPSA) is 55.4 Å². The van der Waals surface area contributed by atoms with Crippen molar-refractivity contribution >= 4 is 12.2 Å². The summed E-state index contributed by atoms with van der Waals surface area (Å²) in [7, 11) is 0. The van der Waals surface area contributed by atoms with Crippen LogP contribution in [0.25, 0.3) is 0 Å². The first-order chi connectivity index (χ1) is 10.2. The summed E-state index contributed by atoms with van der Waals surface area (Å²) in [6.07, 6.45) is 0.659. The number of hydrogen-bond donors (Lipinski definition) is 1. The summed E-state index contributed by atoms with van der Waals surface area (Å²) < 4.78 is 18.6. The number of aldehydes is 1. The van der Waals surface area contributed by atoms with Gasteiger partial charge in [0, 0.05) is 12.1 Å². The number of rotatable bonds is 6. The van der Waals surface area contributed by atoms with E-state index >= 15 is 0 Å². The lowest BCUT2D eigenvalue weighted by atomic mass is 10.2. The first kappa shape index (κ1) is 14.7. The number of carbonyl (C=O) groups excluding carboxylic acids is 2. The zero-order chi connectivity index (χ0) is 15.1. The van der Waals surface area contributed by atoms with Gasteiger partial charge in [-0.2, -0.15) is 0 Å². The highest BCUT2D eigenvalue weighted by Crippen LogP contribution is 2.15. The molecule has 4 nitrogen and oxygen atoms in total. The van der Waals surface area contributed by atoms with Crippen molar-refractivity contribution in [1.82, 2.24) is 5.32 Å². The van der Waals surface area contributed by atoms with Gasteiger partial charge in [0.15, 0.2) is 12.9 Å². The molecule has 2 aromatic rings. The predicted octanol–water partition coefficient (Wildman–Crippen LogP) is 2.33. The first-order valence-corrected chi connectivity index (χ1v) is 6.38. The summed E-state index contributed by atoms with van der Waals surface area (Å²) in [5.74, 6) is -0.419. The van der Waals surface area contributed by atoms with Crippen LogP contribution in [-0.4, -0.2) is 18.8 Å². The molecule has 0 heterocycles. The molecule has 0 saturated carbocycles. The maximum Gasteiger partial charge on any atom is 0.258 e. The van der Waals surface area contributed by atoms with E-state index in [9.17, 15) is 14.0 Å². The molecule has 1 amide bonds. The fraction of sp³-hybridized carbons (Fsp3) is 0.125. The standard InChI is InChI=1S/C16H14FNO3/c17-14-7-3-1-5-12(14)9-18-16(20)11-21-15-8-4-2-6-13(15)10-19/h1-8,10H,9,11H2,(H,18,20). The van der Waals surface area contributed by atoms with Gasteiger partial charge in [-0.25, -0.2) is 4.39 Å². The Morgan fingerprint density at radius 1 is 1.14 bits per heavy atom. The van der Waals surface area contributed by atoms with Gasteiger partial charge >= 0.3 is 0 Å². The molecule has 0 atom stereocenters. The Labute approximate surface area is 121 Å². The quantitative estimate of drug-likeness (QED) is 0.830. The summed E-state index contributed by atoms with van der Waals surface area (Å²) >= 11 is 0. The number of benzene rings is 2. The molecule has 0 aromatic heterocycles. The van der Waals surface area contributed by atoms with Gasteiger partial charge in [-0.1, -0.05) is 30.3 Å². The van der Waals surface area contributed by atoms with Gasteiger partial charge in [0.1, 0.15) is 11.6 Å². The number of halogens is 1. The van der Waals surface area contributed by atoms with Crippen molar-refractivity contribution in [1.29, 1.82) is 0 Å². The molecular formula is C16H14FNO3. The second-order valence-corrected chi connectivity index (χ2v) is 4.31. The van der Waals surface area contributed by atoms with Crippen LogP contribution in [0.1, 0.15) is 15.9 Å². The van der Waals surface area contributed by atoms with E-state index < -0.39 is 0 Å². The van der Waals surface area contributed by atoms with Gasteiger partial charge in [0.05, 0.1) is 5.56 Å². The first-order valence-electron chi connectivity index (χ1n) is 6.38. The molecule has 0 aliphatic rings. The van der Waals surface area contributed by atoms with E-state index in [4.69, 9.17) is 4.74 Å². The van der Waals surface area contributed by atoms with Gasteiger partial charge < -0.3 is 10.1 Å². The van der Waals surface area contributed by atoms with Crippen molar-refractivity contribution in [2.45, 2.75) is 6.54 Å². The molecule has 0 aliphatic heterocycles. The van der Waals surface area contributed by atoms with Crippen molar-refractivity contribution in [2.24, 2.45) is 0 Å². The molecule has 0 bridgehead atoms. The molecule has 108 valence electrons. The minimum atomic E-state index is -0.390. The molecule has 21 heavy (non-hydrogen) atoms. The van der Waals surface area contributed by atoms with Crippen molar-refractivity contribution < 1.29 is 18.7 Å². The Kier molecular flexibility index (Phi) is 5.04. The largest absolute Gasteiger partial charge is 0.483 e. The van der Waals surface area contributed by atoms with Gasteiger partial charge in [-0.05, 0) is 18.2 Å². The number of ether oxygens (including phenoxy) is 1. The normalized spacial score (nSPS) is 9.95. The van der Waals surface area contributed by atoms with Crippen LogP contribution >= 0.6 is 0 Å². The van der Waals surface area contributed by atoms with Gasteiger partial charge in [-0.3, -0.25) is 9.59 Å². The highest BCUT2D eigenvalue weighted by molar-refractivity contribution is 5.80. The van der Waals surface area contributed by atoms with Crippen LogP contribution in [0.5, 0.6) is 5.75 Å². The molecule has 0 saturated heterocycles. The van der Waals surface area contributed by atoms with E-state index in [0.29, 0.717) is 23.2 Å². The molecule has 0 unspecified atom stereocenters. The second-order valence-electron chi connectivity index (χ2n) is 4.31. The Balaban J connectivity index is 1.85. The van der Waals surface area contributed by atoms with Gasteiger partial charge in [0.2, 0.25) is 0 Å². The molecule has 0 radical (unpaired) electrons. The minimum Gasteiger partial charge on any atom is -0.483 e. The zero-order valence-corrected chi connectivity index (χ0v) is 11.2. The molecule has 0 fully saturated rings. The van der Waals surface area contributed by atoms with Crippen LogP contribution in [0.15, 0.2) is 48.5 Å². The highest BCUT2D eigenvalue weighted by atomic mass is 19.1. The van der Waals surface area contributed by atoms with E-state index in [1.807, 2.05) is 0 Å². The van der Waals surface area contributed by atoms with Crippen molar-refractivity contribution in [2.75, 3.05) is 6.61 Å². The summed E-state index contributed by atoms with van der Waals surface area (Å²) in [6.45, 7) is -0.149. The number of carbonyl (C=O) groups is 2. The monoisotopic (exact) mass is 287 g/mol. The number of amides is 1. The lowest BCUT2D eigenvalue weighted by Gasteiger charge is -2.09. The van der Waals surface area contributed by atoms with E-state index in [0.717, 1.165) is 0 Å². The lowest BCUT2D eigenvalue weighted by Crippen LogP contribution is -2.28. The lowest BCUT2D eigenvalue weighted by molar-refractivity contribution is -0.123. The van der Waals surface area contributed by atoms with E-state index in [2.05, 4.69) is 5.32 Å². The maximum absolute atomic E-state index is 13.4. The molecule has 1 N–H and O–H groups in total. The van der Waals surface area contributed by atoms with Crippen molar-refractivity contribution in [3.8, 4) is 5.75 Å². The third kappa shape index (κ3) is 4.14.